The molecule has 0 N–H and O–H groups in total. The van der Waals surface area contributed by atoms with Crippen LogP contribution in [0.5, 0.6) is 6.01 Å². The predicted octanol–water partition coefficient (Wildman–Crippen LogP) is 2.35. The smallest absolute Gasteiger partial charge is 0.316 e. The Kier molecular flexibility index (Phi) is 4.53. The van der Waals surface area contributed by atoms with Gasteiger partial charge in [0, 0.05) is 19.3 Å². The molecule has 1 fully saturated rings. The van der Waals surface area contributed by atoms with Gasteiger partial charge < -0.3 is 4.74 Å². The van der Waals surface area contributed by atoms with Gasteiger partial charge in [-0.2, -0.15) is 4.98 Å². The molecule has 1 atom stereocenters. The van der Waals surface area contributed by atoms with Gasteiger partial charge in [-0.3, -0.25) is 4.90 Å². The Labute approximate surface area is 109 Å². The summed E-state index contributed by atoms with van der Waals surface area (Å²) in [5.74, 6) is 1.59. The second kappa shape index (κ2) is 6.14. The maximum absolute atomic E-state index is 5.06. The molecule has 4 nitrogen and oxygen atoms in total. The molecule has 2 heterocycles. The minimum atomic E-state index is 0.463. The lowest BCUT2D eigenvalue weighted by atomic mass is 9.88. The van der Waals surface area contributed by atoms with Gasteiger partial charge in [0.25, 0.3) is 0 Å². The molecule has 0 aromatic carbocycles. The summed E-state index contributed by atoms with van der Waals surface area (Å²) < 4.78 is 5.06. The first kappa shape index (κ1) is 13.3. The van der Waals surface area contributed by atoms with E-state index < -0.39 is 0 Å². The molecule has 0 aliphatic carbocycles. The highest BCUT2D eigenvalue weighted by Crippen LogP contribution is 2.24. The van der Waals surface area contributed by atoms with Crippen molar-refractivity contribution >= 4 is 0 Å². The molecular formula is C14H23N3O. The van der Waals surface area contributed by atoms with Crippen molar-refractivity contribution in [2.24, 2.45) is 11.8 Å². The van der Waals surface area contributed by atoms with Gasteiger partial charge in [-0.25, -0.2) is 4.98 Å². The van der Waals surface area contributed by atoms with Gasteiger partial charge in [0.2, 0.25) is 0 Å². The van der Waals surface area contributed by atoms with E-state index in [1.807, 2.05) is 6.07 Å². The fourth-order valence-electron chi connectivity index (χ4n) is 2.57. The highest BCUT2D eigenvalue weighted by atomic mass is 16.5. The largest absolute Gasteiger partial charge is 0.467 e. The molecule has 4 heteroatoms. The summed E-state index contributed by atoms with van der Waals surface area (Å²) in [6.07, 6.45) is 4.43. The second-order valence-electron chi connectivity index (χ2n) is 5.42. The number of piperidine rings is 1. The molecule has 1 unspecified atom stereocenters. The molecule has 100 valence electrons. The fourth-order valence-corrected chi connectivity index (χ4v) is 2.57. The van der Waals surface area contributed by atoms with E-state index in [1.54, 1.807) is 13.3 Å². The fraction of sp³-hybridized carbons (Fsp3) is 0.714. The topological polar surface area (TPSA) is 38.2 Å². The Morgan fingerprint density at radius 1 is 1.50 bits per heavy atom. The first-order chi connectivity index (χ1) is 8.69. The van der Waals surface area contributed by atoms with E-state index in [0.717, 1.165) is 24.1 Å². The van der Waals surface area contributed by atoms with E-state index in [-0.39, 0.29) is 0 Å². The van der Waals surface area contributed by atoms with Gasteiger partial charge in [0.05, 0.1) is 12.8 Å². The molecule has 2 rings (SSSR count). The van der Waals surface area contributed by atoms with Crippen molar-refractivity contribution in [2.75, 3.05) is 20.2 Å². The quantitative estimate of drug-likeness (QED) is 0.821. The van der Waals surface area contributed by atoms with Crippen molar-refractivity contribution in [3.8, 4) is 6.01 Å². The van der Waals surface area contributed by atoms with Gasteiger partial charge in [0.1, 0.15) is 0 Å². The highest BCUT2D eigenvalue weighted by Gasteiger charge is 2.22. The maximum atomic E-state index is 5.06. The van der Waals surface area contributed by atoms with Crippen LogP contribution in [0, 0.1) is 11.8 Å². The molecule has 0 saturated carbocycles. The normalized spacial score (nSPS) is 21.2. The number of aromatic nitrogens is 2. The lowest BCUT2D eigenvalue weighted by Gasteiger charge is -2.34. The molecule has 18 heavy (non-hydrogen) atoms. The third-order valence-corrected chi connectivity index (χ3v) is 3.74. The third kappa shape index (κ3) is 3.42. The molecule has 1 aliphatic rings. The Balaban J connectivity index is 1.95. The Morgan fingerprint density at radius 2 is 2.33 bits per heavy atom. The number of likely N-dealkylation sites (tertiary alicyclic amines) is 1. The van der Waals surface area contributed by atoms with Crippen molar-refractivity contribution < 1.29 is 4.74 Å². The Bertz CT molecular complexity index is 381. The minimum Gasteiger partial charge on any atom is -0.467 e. The molecule has 1 aromatic heterocycles. The molecule has 0 amide bonds. The van der Waals surface area contributed by atoms with Crippen LogP contribution in [0.1, 0.15) is 32.4 Å². The van der Waals surface area contributed by atoms with Crippen LogP contribution in [0.3, 0.4) is 0 Å². The first-order valence-corrected chi connectivity index (χ1v) is 6.77. The van der Waals surface area contributed by atoms with Crippen molar-refractivity contribution in [3.63, 3.8) is 0 Å². The zero-order valence-electron chi connectivity index (χ0n) is 11.6. The highest BCUT2D eigenvalue weighted by molar-refractivity contribution is 5.05. The van der Waals surface area contributed by atoms with E-state index in [0.29, 0.717) is 6.01 Å². The zero-order valence-corrected chi connectivity index (χ0v) is 11.6. The predicted molar refractivity (Wildman–Crippen MR) is 71.4 cm³/mol. The number of ether oxygens (including phenoxy) is 1. The number of hydrogen-bond acceptors (Lipinski definition) is 4. The van der Waals surface area contributed by atoms with Crippen LogP contribution in [0.15, 0.2) is 12.3 Å². The maximum Gasteiger partial charge on any atom is 0.316 e. The standard InChI is InChI=1S/C14H23N3O/c1-11(2)12-5-4-8-17(9-12)10-13-6-7-15-14(16-13)18-3/h6-7,11-12H,4-5,8-10H2,1-3H3. The van der Waals surface area contributed by atoms with Gasteiger partial charge in [-0.05, 0) is 37.3 Å². The third-order valence-electron chi connectivity index (χ3n) is 3.74. The molecule has 1 aliphatic heterocycles. The van der Waals surface area contributed by atoms with Gasteiger partial charge in [-0.15, -0.1) is 0 Å². The monoisotopic (exact) mass is 249 g/mol. The van der Waals surface area contributed by atoms with E-state index in [4.69, 9.17) is 4.74 Å². The average molecular weight is 249 g/mol. The van der Waals surface area contributed by atoms with E-state index >= 15 is 0 Å². The van der Waals surface area contributed by atoms with Gasteiger partial charge >= 0.3 is 6.01 Å². The van der Waals surface area contributed by atoms with Crippen molar-refractivity contribution in [3.05, 3.63) is 18.0 Å². The minimum absolute atomic E-state index is 0.463. The van der Waals surface area contributed by atoms with E-state index in [9.17, 15) is 0 Å². The van der Waals surface area contributed by atoms with E-state index in [1.165, 1.54) is 25.9 Å². The molecule has 1 aromatic rings. The number of hydrogen-bond donors (Lipinski definition) is 0. The van der Waals surface area contributed by atoms with Crippen LogP contribution in [0.4, 0.5) is 0 Å². The summed E-state index contributed by atoms with van der Waals surface area (Å²) in [6.45, 7) is 7.91. The van der Waals surface area contributed by atoms with Gasteiger partial charge in [-0.1, -0.05) is 13.8 Å². The summed E-state index contributed by atoms with van der Waals surface area (Å²) in [5.41, 5.74) is 1.05. The van der Waals surface area contributed by atoms with E-state index in [2.05, 4.69) is 28.7 Å². The Morgan fingerprint density at radius 3 is 3.06 bits per heavy atom. The van der Waals surface area contributed by atoms with Crippen LogP contribution in [-0.2, 0) is 6.54 Å². The van der Waals surface area contributed by atoms with Crippen molar-refractivity contribution in [1.82, 2.24) is 14.9 Å². The molecule has 1 saturated heterocycles. The second-order valence-corrected chi connectivity index (χ2v) is 5.42. The SMILES string of the molecule is COc1nccc(CN2CCCC(C(C)C)C2)n1. The average Bonchev–Trinajstić information content (AvgIpc) is 2.39. The number of methoxy groups -OCH3 is 1. The van der Waals surface area contributed by atoms with Crippen molar-refractivity contribution in [2.45, 2.75) is 33.2 Å². The lowest BCUT2D eigenvalue weighted by molar-refractivity contribution is 0.137. The molecular weight excluding hydrogens is 226 g/mol. The summed E-state index contributed by atoms with van der Waals surface area (Å²) in [6, 6.07) is 2.44. The molecule has 0 spiro atoms. The summed E-state index contributed by atoms with van der Waals surface area (Å²) in [4.78, 5) is 10.9. The molecule has 0 radical (unpaired) electrons. The molecule has 0 bridgehead atoms. The summed E-state index contributed by atoms with van der Waals surface area (Å²) >= 11 is 0. The summed E-state index contributed by atoms with van der Waals surface area (Å²) in [7, 11) is 1.61. The Hall–Kier alpha value is -1.16. The van der Waals surface area contributed by atoms with Crippen LogP contribution in [0.25, 0.3) is 0 Å². The first-order valence-electron chi connectivity index (χ1n) is 6.77. The number of rotatable bonds is 4. The zero-order chi connectivity index (χ0) is 13.0. The van der Waals surface area contributed by atoms with Crippen LogP contribution in [0.2, 0.25) is 0 Å². The van der Waals surface area contributed by atoms with Crippen LogP contribution >= 0.6 is 0 Å². The van der Waals surface area contributed by atoms with Crippen LogP contribution in [-0.4, -0.2) is 35.1 Å². The number of nitrogens with zero attached hydrogens (tertiary/aromatic N) is 3. The van der Waals surface area contributed by atoms with Crippen LogP contribution < -0.4 is 4.74 Å². The van der Waals surface area contributed by atoms with Crippen molar-refractivity contribution in [1.29, 1.82) is 0 Å². The summed E-state index contributed by atoms with van der Waals surface area (Å²) in [5, 5.41) is 0. The lowest BCUT2D eigenvalue weighted by Crippen LogP contribution is -2.37. The van der Waals surface area contributed by atoms with Gasteiger partial charge in [0.15, 0.2) is 0 Å².